The molecule has 0 aliphatic carbocycles. The van der Waals surface area contributed by atoms with Gasteiger partial charge in [-0.2, -0.15) is 0 Å². The van der Waals surface area contributed by atoms with E-state index in [1.54, 1.807) is 0 Å². The Balaban J connectivity index is 2.12. The molecule has 0 N–H and O–H groups in total. The van der Waals surface area contributed by atoms with Crippen LogP contribution in [0.5, 0.6) is 0 Å². The molecule has 7 heavy (non-hydrogen) atoms. The van der Waals surface area contributed by atoms with Gasteiger partial charge in [0, 0.05) is 6.61 Å². The summed E-state index contributed by atoms with van der Waals surface area (Å²) in [4.78, 5) is 0. The highest BCUT2D eigenvalue weighted by molar-refractivity contribution is 4.77. The average molecular weight is 103 g/mol. The zero-order valence-corrected chi connectivity index (χ0v) is 4.11. The fourth-order valence-electron chi connectivity index (χ4n) is 0.621. The average Bonchev–Trinajstić information content (AvgIpc) is 1.69. The van der Waals surface area contributed by atoms with Crippen molar-refractivity contribution in [2.75, 3.05) is 13.2 Å². The Kier molecular flexibility index (Phi) is 1.63. The lowest BCUT2D eigenvalue weighted by Crippen LogP contribution is -2.10. The van der Waals surface area contributed by atoms with Gasteiger partial charge >= 0.3 is 0 Å². The van der Waals surface area contributed by atoms with Crippen LogP contribution in [0.25, 0.3) is 0 Å². The van der Waals surface area contributed by atoms with Crippen LogP contribution < -0.4 is 0 Å². The highest BCUT2D eigenvalue weighted by Gasteiger charge is 2.11. The van der Waals surface area contributed by atoms with Crippen molar-refractivity contribution in [3.8, 4) is 0 Å². The smallest absolute Gasteiger partial charge is 0.170 e. The number of halogens is 1. The molecule has 1 rings (SSSR count). The number of ether oxygens (including phenoxy) is 1. The molecule has 1 aliphatic heterocycles. The first-order chi connectivity index (χ1) is 3.39. The standard InChI is InChI=1S/C5H8FO/c6-5-2-1-3-7-4-5/h1-4H2. The van der Waals surface area contributed by atoms with Gasteiger partial charge < -0.3 is 4.74 Å². The van der Waals surface area contributed by atoms with E-state index in [1.165, 1.54) is 0 Å². The summed E-state index contributed by atoms with van der Waals surface area (Å²) in [7, 11) is 0. The van der Waals surface area contributed by atoms with Gasteiger partial charge in [-0.1, -0.05) is 0 Å². The topological polar surface area (TPSA) is 9.23 Å². The van der Waals surface area contributed by atoms with E-state index in [-0.39, 0.29) is 12.8 Å². The van der Waals surface area contributed by atoms with Crippen molar-refractivity contribution in [2.24, 2.45) is 0 Å². The Bertz CT molecular complexity index is 50.0. The summed E-state index contributed by atoms with van der Waals surface area (Å²) in [5.74, 6) is 0. The lowest BCUT2D eigenvalue weighted by molar-refractivity contribution is 0.0819. The minimum atomic E-state index is -0.00810. The van der Waals surface area contributed by atoms with Gasteiger partial charge in [0.2, 0.25) is 0 Å². The number of hydrogen-bond donors (Lipinski definition) is 0. The molecule has 1 radical (unpaired) electrons. The van der Waals surface area contributed by atoms with Crippen LogP contribution in [0.4, 0.5) is 4.39 Å². The van der Waals surface area contributed by atoms with Gasteiger partial charge in [0.15, 0.2) is 6.17 Å². The van der Waals surface area contributed by atoms with Crippen molar-refractivity contribution in [2.45, 2.75) is 12.8 Å². The minimum absolute atomic E-state index is 0.00810. The third-order valence-corrected chi connectivity index (χ3v) is 0.995. The zero-order valence-electron chi connectivity index (χ0n) is 4.11. The predicted molar refractivity (Wildman–Crippen MR) is 24.4 cm³/mol. The molecular weight excluding hydrogens is 95.1 g/mol. The summed E-state index contributed by atoms with van der Waals surface area (Å²) in [5, 5.41) is 0. The SMILES string of the molecule is F[C]1CCCOC1. The molecule has 0 spiro atoms. The van der Waals surface area contributed by atoms with Crippen LogP contribution in [0.15, 0.2) is 0 Å². The molecule has 0 saturated carbocycles. The van der Waals surface area contributed by atoms with Gasteiger partial charge in [0.25, 0.3) is 0 Å². The maximum absolute atomic E-state index is 12.0. The molecule has 2 heteroatoms. The predicted octanol–water partition coefficient (Wildman–Crippen LogP) is 1.30. The van der Waals surface area contributed by atoms with Crippen LogP contribution in [0, 0.1) is 6.17 Å². The molecule has 0 aromatic carbocycles. The molecule has 41 valence electrons. The van der Waals surface area contributed by atoms with E-state index < -0.39 is 0 Å². The fourth-order valence-corrected chi connectivity index (χ4v) is 0.621. The van der Waals surface area contributed by atoms with Crippen molar-refractivity contribution >= 4 is 0 Å². The van der Waals surface area contributed by atoms with E-state index in [2.05, 4.69) is 0 Å². The minimum Gasteiger partial charge on any atom is -0.378 e. The van der Waals surface area contributed by atoms with Crippen molar-refractivity contribution < 1.29 is 9.13 Å². The Morgan fingerprint density at radius 1 is 1.57 bits per heavy atom. The van der Waals surface area contributed by atoms with Gasteiger partial charge in [-0.05, 0) is 12.8 Å². The van der Waals surface area contributed by atoms with E-state index >= 15 is 0 Å². The first kappa shape index (κ1) is 5.04. The highest BCUT2D eigenvalue weighted by Crippen LogP contribution is 2.15. The Morgan fingerprint density at radius 3 is 2.71 bits per heavy atom. The van der Waals surface area contributed by atoms with Gasteiger partial charge in [-0.15, -0.1) is 0 Å². The molecule has 1 fully saturated rings. The molecule has 0 aromatic rings. The van der Waals surface area contributed by atoms with Gasteiger partial charge in [-0.3, -0.25) is 0 Å². The second-order valence-corrected chi connectivity index (χ2v) is 1.67. The fraction of sp³-hybridized carbons (Fsp3) is 0.800. The molecule has 1 saturated heterocycles. The largest absolute Gasteiger partial charge is 0.378 e. The lowest BCUT2D eigenvalue weighted by atomic mass is 10.2. The van der Waals surface area contributed by atoms with E-state index in [0.29, 0.717) is 6.42 Å². The lowest BCUT2D eigenvalue weighted by Gasteiger charge is -2.12. The second kappa shape index (κ2) is 2.26. The molecule has 1 aliphatic rings. The van der Waals surface area contributed by atoms with Crippen LogP contribution >= 0.6 is 0 Å². The maximum atomic E-state index is 12.0. The van der Waals surface area contributed by atoms with Crippen LogP contribution in [-0.2, 0) is 4.74 Å². The van der Waals surface area contributed by atoms with Crippen LogP contribution in [0.1, 0.15) is 12.8 Å². The molecule has 0 aromatic heterocycles. The highest BCUT2D eigenvalue weighted by atomic mass is 19.1. The van der Waals surface area contributed by atoms with E-state index in [0.717, 1.165) is 13.0 Å². The van der Waals surface area contributed by atoms with Crippen LogP contribution in [0.2, 0.25) is 0 Å². The van der Waals surface area contributed by atoms with Gasteiger partial charge in [0.1, 0.15) is 0 Å². The van der Waals surface area contributed by atoms with Crippen molar-refractivity contribution in [1.82, 2.24) is 0 Å². The monoisotopic (exact) mass is 103 g/mol. The summed E-state index contributed by atoms with van der Waals surface area (Å²) in [6.45, 7) is 0.966. The summed E-state index contributed by atoms with van der Waals surface area (Å²) in [5.41, 5.74) is 0. The van der Waals surface area contributed by atoms with Crippen LogP contribution in [-0.4, -0.2) is 13.2 Å². The molecule has 1 heterocycles. The van der Waals surface area contributed by atoms with E-state index in [1.807, 2.05) is 0 Å². The third kappa shape index (κ3) is 1.43. The quantitative estimate of drug-likeness (QED) is 0.449. The molecule has 0 amide bonds. The van der Waals surface area contributed by atoms with E-state index in [9.17, 15) is 4.39 Å². The third-order valence-electron chi connectivity index (χ3n) is 0.995. The Labute approximate surface area is 42.5 Å². The summed E-state index contributed by atoms with van der Waals surface area (Å²) < 4.78 is 16.7. The van der Waals surface area contributed by atoms with E-state index in [4.69, 9.17) is 4.74 Å². The molecule has 1 nitrogen and oxygen atoms in total. The normalized spacial score (nSPS) is 25.3. The molecule has 0 atom stereocenters. The van der Waals surface area contributed by atoms with Crippen molar-refractivity contribution in [1.29, 1.82) is 0 Å². The van der Waals surface area contributed by atoms with Crippen LogP contribution in [0.3, 0.4) is 0 Å². The molecule has 0 unspecified atom stereocenters. The Morgan fingerprint density at radius 2 is 2.43 bits per heavy atom. The summed E-state index contributed by atoms with van der Waals surface area (Å²) in [6.07, 6.45) is 1.46. The van der Waals surface area contributed by atoms with Gasteiger partial charge in [-0.25, -0.2) is 4.39 Å². The second-order valence-electron chi connectivity index (χ2n) is 1.67. The zero-order chi connectivity index (χ0) is 5.11. The molecule has 0 bridgehead atoms. The summed E-state index contributed by atoms with van der Waals surface area (Å²) in [6, 6.07) is 0. The number of hydrogen-bond acceptors (Lipinski definition) is 1. The van der Waals surface area contributed by atoms with Crippen molar-refractivity contribution in [3.05, 3.63) is 6.17 Å². The summed E-state index contributed by atoms with van der Waals surface area (Å²) >= 11 is 0. The molecular formula is C5H8FO. The maximum Gasteiger partial charge on any atom is 0.170 e. The Hall–Kier alpha value is -0.110. The first-order valence-corrected chi connectivity index (χ1v) is 2.47. The number of rotatable bonds is 0. The van der Waals surface area contributed by atoms with Gasteiger partial charge in [0.05, 0.1) is 6.61 Å². The first-order valence-electron chi connectivity index (χ1n) is 2.47. The van der Waals surface area contributed by atoms with Crippen molar-refractivity contribution in [3.63, 3.8) is 0 Å².